The molecule has 0 N–H and O–H groups in total. The van der Waals surface area contributed by atoms with E-state index in [1.54, 1.807) is 24.1 Å². The minimum atomic E-state index is -0.0590. The first-order valence-electron chi connectivity index (χ1n) is 10.3. The molecule has 0 unspecified atom stereocenters. The summed E-state index contributed by atoms with van der Waals surface area (Å²) >= 11 is 0. The number of carbonyl (C=O) groups excluding carboxylic acids is 2. The average Bonchev–Trinajstić information content (AvgIpc) is 3.06. The molecule has 29 heavy (non-hydrogen) atoms. The number of likely N-dealkylation sites (tertiary alicyclic amines) is 1. The maximum Gasteiger partial charge on any atom is 0.260 e. The van der Waals surface area contributed by atoms with Gasteiger partial charge in [-0.15, -0.1) is 6.58 Å². The number of methoxy groups -OCH3 is 1. The molecule has 0 radical (unpaired) electrons. The SMILES string of the molecule is C=CCN1CCC[C@H]1C(=O)N1CCCN(C(=O)COc2cccc(OC)c2)CC1. The highest BCUT2D eigenvalue weighted by Crippen LogP contribution is 2.21. The summed E-state index contributed by atoms with van der Waals surface area (Å²) in [5, 5.41) is 0. The van der Waals surface area contributed by atoms with E-state index in [4.69, 9.17) is 9.47 Å². The van der Waals surface area contributed by atoms with Crippen LogP contribution >= 0.6 is 0 Å². The molecule has 7 nitrogen and oxygen atoms in total. The van der Waals surface area contributed by atoms with Crippen molar-refractivity contribution in [1.82, 2.24) is 14.7 Å². The number of carbonyl (C=O) groups is 2. The molecule has 2 saturated heterocycles. The largest absolute Gasteiger partial charge is 0.497 e. The molecule has 2 amide bonds. The molecule has 1 atom stereocenters. The number of rotatable bonds is 7. The lowest BCUT2D eigenvalue weighted by Crippen LogP contribution is -2.47. The van der Waals surface area contributed by atoms with Gasteiger partial charge in [0.25, 0.3) is 5.91 Å². The third-order valence-electron chi connectivity index (χ3n) is 5.58. The summed E-state index contributed by atoms with van der Waals surface area (Å²) in [5.41, 5.74) is 0. The smallest absolute Gasteiger partial charge is 0.260 e. The Morgan fingerprint density at radius 1 is 1.10 bits per heavy atom. The zero-order chi connectivity index (χ0) is 20.6. The Labute approximate surface area is 172 Å². The fourth-order valence-corrected chi connectivity index (χ4v) is 4.02. The van der Waals surface area contributed by atoms with Gasteiger partial charge in [-0.2, -0.15) is 0 Å². The quantitative estimate of drug-likeness (QED) is 0.652. The molecule has 3 rings (SSSR count). The fraction of sp³-hybridized carbons (Fsp3) is 0.545. The predicted molar refractivity (Wildman–Crippen MR) is 111 cm³/mol. The number of benzene rings is 1. The van der Waals surface area contributed by atoms with E-state index in [0.29, 0.717) is 37.7 Å². The van der Waals surface area contributed by atoms with Crippen molar-refractivity contribution in [3.63, 3.8) is 0 Å². The van der Waals surface area contributed by atoms with Crippen LogP contribution in [0.15, 0.2) is 36.9 Å². The highest BCUT2D eigenvalue weighted by Gasteiger charge is 2.33. The first-order valence-corrected chi connectivity index (χ1v) is 10.3. The van der Waals surface area contributed by atoms with Gasteiger partial charge in [0.05, 0.1) is 13.2 Å². The topological polar surface area (TPSA) is 62.3 Å². The fourth-order valence-electron chi connectivity index (χ4n) is 4.02. The maximum absolute atomic E-state index is 13.0. The first kappa shape index (κ1) is 21.2. The van der Waals surface area contributed by atoms with Crippen molar-refractivity contribution >= 4 is 11.8 Å². The Hall–Kier alpha value is -2.54. The average molecular weight is 402 g/mol. The molecule has 0 saturated carbocycles. The van der Waals surface area contributed by atoms with Gasteiger partial charge >= 0.3 is 0 Å². The molecule has 0 spiro atoms. The number of nitrogens with zero attached hydrogens (tertiary/aromatic N) is 3. The molecule has 1 aromatic carbocycles. The van der Waals surface area contributed by atoms with Crippen molar-refractivity contribution in [2.75, 3.05) is 53.0 Å². The van der Waals surface area contributed by atoms with Gasteiger partial charge in [0.2, 0.25) is 5.91 Å². The summed E-state index contributed by atoms with van der Waals surface area (Å²) in [6.45, 7) is 7.92. The van der Waals surface area contributed by atoms with E-state index in [-0.39, 0.29) is 24.5 Å². The van der Waals surface area contributed by atoms with Crippen LogP contribution in [0.4, 0.5) is 0 Å². The van der Waals surface area contributed by atoms with Gasteiger partial charge < -0.3 is 19.3 Å². The predicted octanol–water partition coefficient (Wildman–Crippen LogP) is 1.79. The Morgan fingerprint density at radius 2 is 1.86 bits per heavy atom. The second-order valence-electron chi connectivity index (χ2n) is 7.47. The van der Waals surface area contributed by atoms with Crippen LogP contribution in [0.3, 0.4) is 0 Å². The summed E-state index contributed by atoms with van der Waals surface area (Å²) in [4.78, 5) is 31.5. The Bertz CT molecular complexity index is 724. The second-order valence-corrected chi connectivity index (χ2v) is 7.47. The van der Waals surface area contributed by atoms with Crippen LogP contribution in [0.1, 0.15) is 19.3 Å². The molecule has 2 aliphatic rings. The third kappa shape index (κ3) is 5.50. The van der Waals surface area contributed by atoms with Crippen molar-refractivity contribution in [2.45, 2.75) is 25.3 Å². The lowest BCUT2D eigenvalue weighted by Gasteiger charge is -2.29. The minimum Gasteiger partial charge on any atom is -0.497 e. The normalized spacial score (nSPS) is 20.2. The maximum atomic E-state index is 13.0. The summed E-state index contributed by atoms with van der Waals surface area (Å²) in [6.07, 6.45) is 4.59. The van der Waals surface area contributed by atoms with Crippen molar-refractivity contribution in [3.05, 3.63) is 36.9 Å². The van der Waals surface area contributed by atoms with Crippen LogP contribution in [0.25, 0.3) is 0 Å². The zero-order valence-corrected chi connectivity index (χ0v) is 17.2. The Morgan fingerprint density at radius 3 is 2.66 bits per heavy atom. The summed E-state index contributed by atoms with van der Waals surface area (Å²) in [6, 6.07) is 7.16. The standard InChI is InChI=1S/C22H31N3O4/c1-3-10-23-11-5-9-20(23)22(27)25-13-6-12-24(14-15-25)21(26)17-29-19-8-4-7-18(16-19)28-2/h3-4,7-8,16,20H,1,5-6,9-15,17H2,2H3/t20-/m0/s1. The Balaban J connectivity index is 1.50. The number of hydrogen-bond donors (Lipinski definition) is 0. The van der Waals surface area contributed by atoms with E-state index >= 15 is 0 Å². The number of hydrogen-bond acceptors (Lipinski definition) is 5. The molecular formula is C22H31N3O4. The van der Waals surface area contributed by atoms with E-state index in [9.17, 15) is 9.59 Å². The number of ether oxygens (including phenoxy) is 2. The highest BCUT2D eigenvalue weighted by atomic mass is 16.5. The molecule has 2 aliphatic heterocycles. The highest BCUT2D eigenvalue weighted by molar-refractivity contribution is 5.82. The second kappa shape index (κ2) is 10.3. The molecule has 2 heterocycles. The monoisotopic (exact) mass is 401 g/mol. The van der Waals surface area contributed by atoms with Crippen molar-refractivity contribution < 1.29 is 19.1 Å². The van der Waals surface area contributed by atoms with Crippen LogP contribution in [0.5, 0.6) is 11.5 Å². The zero-order valence-electron chi connectivity index (χ0n) is 17.2. The van der Waals surface area contributed by atoms with E-state index in [2.05, 4.69) is 11.5 Å². The van der Waals surface area contributed by atoms with Gasteiger partial charge in [-0.3, -0.25) is 14.5 Å². The van der Waals surface area contributed by atoms with Gasteiger partial charge in [0.15, 0.2) is 6.61 Å². The van der Waals surface area contributed by atoms with Crippen molar-refractivity contribution in [1.29, 1.82) is 0 Å². The van der Waals surface area contributed by atoms with Crippen LogP contribution in [0.2, 0.25) is 0 Å². The van der Waals surface area contributed by atoms with Crippen LogP contribution in [-0.2, 0) is 9.59 Å². The summed E-state index contributed by atoms with van der Waals surface area (Å²) in [5.74, 6) is 1.42. The van der Waals surface area contributed by atoms with E-state index in [1.165, 1.54) is 0 Å². The van der Waals surface area contributed by atoms with Gasteiger partial charge in [-0.05, 0) is 37.9 Å². The first-order chi connectivity index (χ1) is 14.1. The molecule has 1 aromatic rings. The van der Waals surface area contributed by atoms with Crippen molar-refractivity contribution in [2.24, 2.45) is 0 Å². The Kier molecular flexibility index (Phi) is 7.52. The van der Waals surface area contributed by atoms with Crippen LogP contribution < -0.4 is 9.47 Å². The van der Waals surface area contributed by atoms with E-state index < -0.39 is 0 Å². The lowest BCUT2D eigenvalue weighted by atomic mass is 10.2. The molecule has 158 valence electrons. The van der Waals surface area contributed by atoms with E-state index in [0.717, 1.165) is 32.4 Å². The molecule has 0 aliphatic carbocycles. The molecule has 0 aromatic heterocycles. The van der Waals surface area contributed by atoms with Crippen molar-refractivity contribution in [3.8, 4) is 11.5 Å². The summed E-state index contributed by atoms with van der Waals surface area (Å²) in [7, 11) is 1.59. The molecule has 0 bridgehead atoms. The number of amides is 2. The lowest BCUT2D eigenvalue weighted by molar-refractivity contribution is -0.137. The third-order valence-corrected chi connectivity index (χ3v) is 5.58. The van der Waals surface area contributed by atoms with Gasteiger partial charge in [0, 0.05) is 38.8 Å². The van der Waals surface area contributed by atoms with Crippen LogP contribution in [0, 0.1) is 0 Å². The van der Waals surface area contributed by atoms with Gasteiger partial charge in [0.1, 0.15) is 11.5 Å². The minimum absolute atomic E-state index is 0.0170. The summed E-state index contributed by atoms with van der Waals surface area (Å²) < 4.78 is 10.8. The van der Waals surface area contributed by atoms with Gasteiger partial charge in [-0.1, -0.05) is 12.1 Å². The van der Waals surface area contributed by atoms with E-state index in [1.807, 2.05) is 23.1 Å². The molecule has 7 heteroatoms. The van der Waals surface area contributed by atoms with Gasteiger partial charge in [-0.25, -0.2) is 0 Å². The molecule has 2 fully saturated rings. The molecular weight excluding hydrogens is 370 g/mol. The van der Waals surface area contributed by atoms with Crippen LogP contribution in [-0.4, -0.2) is 85.5 Å².